The molecule has 1 heterocycles. The first kappa shape index (κ1) is 12.5. The molecule has 0 aliphatic heterocycles. The first-order chi connectivity index (χ1) is 8.72. The van der Waals surface area contributed by atoms with Gasteiger partial charge in [0.2, 0.25) is 0 Å². The zero-order chi connectivity index (χ0) is 13.0. The summed E-state index contributed by atoms with van der Waals surface area (Å²) in [6.45, 7) is 0. The first-order valence-electron chi connectivity index (χ1n) is 5.72. The SMILES string of the molecule is COc1cc(OC)cc(C(N)Cc2ccoc2)c1. The van der Waals surface area contributed by atoms with Crippen molar-refractivity contribution in [3.05, 3.63) is 47.9 Å². The van der Waals surface area contributed by atoms with Gasteiger partial charge in [-0.3, -0.25) is 0 Å². The Balaban J connectivity index is 2.20. The van der Waals surface area contributed by atoms with Crippen LogP contribution in [-0.4, -0.2) is 14.2 Å². The zero-order valence-electron chi connectivity index (χ0n) is 10.6. The lowest BCUT2D eigenvalue weighted by atomic mass is 10.0. The van der Waals surface area contributed by atoms with Crippen LogP contribution < -0.4 is 15.2 Å². The molecule has 0 aliphatic carbocycles. The lowest BCUT2D eigenvalue weighted by molar-refractivity contribution is 0.392. The fourth-order valence-electron chi connectivity index (χ4n) is 1.82. The van der Waals surface area contributed by atoms with Crippen LogP contribution in [0.15, 0.2) is 41.2 Å². The smallest absolute Gasteiger partial charge is 0.122 e. The van der Waals surface area contributed by atoms with Gasteiger partial charge in [-0.1, -0.05) is 0 Å². The fourth-order valence-corrected chi connectivity index (χ4v) is 1.82. The van der Waals surface area contributed by atoms with Gasteiger partial charge in [-0.25, -0.2) is 0 Å². The largest absolute Gasteiger partial charge is 0.497 e. The van der Waals surface area contributed by atoms with Crippen LogP contribution in [-0.2, 0) is 6.42 Å². The molecule has 0 bridgehead atoms. The molecule has 18 heavy (non-hydrogen) atoms. The van der Waals surface area contributed by atoms with Crippen LogP contribution in [0.5, 0.6) is 11.5 Å². The normalized spacial score (nSPS) is 12.2. The molecular formula is C14H17NO3. The van der Waals surface area contributed by atoms with E-state index in [0.29, 0.717) is 6.42 Å². The number of benzene rings is 1. The topological polar surface area (TPSA) is 57.6 Å². The van der Waals surface area contributed by atoms with Crippen LogP contribution in [0.4, 0.5) is 0 Å². The van der Waals surface area contributed by atoms with E-state index in [4.69, 9.17) is 19.6 Å². The lowest BCUT2D eigenvalue weighted by Gasteiger charge is -2.14. The summed E-state index contributed by atoms with van der Waals surface area (Å²) in [6.07, 6.45) is 4.07. The summed E-state index contributed by atoms with van der Waals surface area (Å²) in [7, 11) is 3.25. The Bertz CT molecular complexity index is 471. The van der Waals surface area contributed by atoms with E-state index in [1.54, 1.807) is 26.7 Å². The molecule has 2 aromatic rings. The predicted octanol–water partition coefficient (Wildman–Crippen LogP) is 2.54. The second-order valence-electron chi connectivity index (χ2n) is 4.09. The lowest BCUT2D eigenvalue weighted by Crippen LogP contribution is -2.13. The number of hydrogen-bond donors (Lipinski definition) is 1. The Morgan fingerprint density at radius 3 is 2.33 bits per heavy atom. The molecule has 2 rings (SSSR count). The van der Waals surface area contributed by atoms with Gasteiger partial charge in [0.05, 0.1) is 26.7 Å². The molecule has 1 aromatic carbocycles. The van der Waals surface area contributed by atoms with Crippen molar-refractivity contribution in [2.45, 2.75) is 12.5 Å². The van der Waals surface area contributed by atoms with Crippen molar-refractivity contribution in [1.82, 2.24) is 0 Å². The Morgan fingerprint density at radius 2 is 1.83 bits per heavy atom. The summed E-state index contributed by atoms with van der Waals surface area (Å²) in [5, 5.41) is 0. The second kappa shape index (κ2) is 5.60. The predicted molar refractivity (Wildman–Crippen MR) is 68.9 cm³/mol. The van der Waals surface area contributed by atoms with Crippen LogP contribution in [0.25, 0.3) is 0 Å². The average Bonchev–Trinajstić information content (AvgIpc) is 2.90. The van der Waals surface area contributed by atoms with E-state index in [9.17, 15) is 0 Å². The Morgan fingerprint density at radius 1 is 1.17 bits per heavy atom. The van der Waals surface area contributed by atoms with E-state index in [2.05, 4.69) is 0 Å². The fraction of sp³-hybridized carbons (Fsp3) is 0.286. The van der Waals surface area contributed by atoms with Gasteiger partial charge in [0, 0.05) is 12.1 Å². The van der Waals surface area contributed by atoms with Gasteiger partial charge in [0.15, 0.2) is 0 Å². The van der Waals surface area contributed by atoms with Crippen molar-refractivity contribution in [3.8, 4) is 11.5 Å². The van der Waals surface area contributed by atoms with Gasteiger partial charge < -0.3 is 19.6 Å². The number of furan rings is 1. The Kier molecular flexibility index (Phi) is 3.89. The summed E-state index contributed by atoms with van der Waals surface area (Å²) in [4.78, 5) is 0. The van der Waals surface area contributed by atoms with E-state index in [0.717, 1.165) is 22.6 Å². The molecule has 1 aromatic heterocycles. The van der Waals surface area contributed by atoms with Crippen molar-refractivity contribution in [2.24, 2.45) is 5.73 Å². The van der Waals surface area contributed by atoms with Crippen LogP contribution in [0.2, 0.25) is 0 Å². The molecule has 2 N–H and O–H groups in total. The van der Waals surface area contributed by atoms with E-state index in [1.165, 1.54) is 0 Å². The minimum atomic E-state index is -0.119. The average molecular weight is 247 g/mol. The summed E-state index contributed by atoms with van der Waals surface area (Å²) >= 11 is 0. The monoisotopic (exact) mass is 247 g/mol. The van der Waals surface area contributed by atoms with Gasteiger partial charge in [0.1, 0.15) is 11.5 Å². The van der Waals surface area contributed by atoms with Crippen molar-refractivity contribution < 1.29 is 13.9 Å². The Hall–Kier alpha value is -1.94. The quantitative estimate of drug-likeness (QED) is 0.882. The molecule has 1 unspecified atom stereocenters. The van der Waals surface area contributed by atoms with Crippen molar-refractivity contribution in [2.75, 3.05) is 14.2 Å². The van der Waals surface area contributed by atoms with Gasteiger partial charge in [0.25, 0.3) is 0 Å². The van der Waals surface area contributed by atoms with Gasteiger partial charge >= 0.3 is 0 Å². The molecule has 0 spiro atoms. The highest BCUT2D eigenvalue weighted by atomic mass is 16.5. The first-order valence-corrected chi connectivity index (χ1v) is 5.72. The molecule has 0 fully saturated rings. The van der Waals surface area contributed by atoms with Crippen LogP contribution in [0, 0.1) is 0 Å². The molecule has 0 radical (unpaired) electrons. The number of methoxy groups -OCH3 is 2. The molecule has 0 saturated carbocycles. The minimum absolute atomic E-state index is 0.119. The van der Waals surface area contributed by atoms with Crippen molar-refractivity contribution >= 4 is 0 Å². The third-order valence-corrected chi connectivity index (χ3v) is 2.84. The molecule has 1 atom stereocenters. The van der Waals surface area contributed by atoms with E-state index in [1.807, 2.05) is 24.3 Å². The molecule has 4 nitrogen and oxygen atoms in total. The minimum Gasteiger partial charge on any atom is -0.497 e. The molecular weight excluding hydrogens is 230 g/mol. The van der Waals surface area contributed by atoms with Crippen LogP contribution >= 0.6 is 0 Å². The number of ether oxygens (including phenoxy) is 2. The number of nitrogens with two attached hydrogens (primary N) is 1. The Labute approximate surface area is 106 Å². The molecule has 0 saturated heterocycles. The summed E-state index contributed by atoms with van der Waals surface area (Å²) in [5.74, 6) is 1.49. The highest BCUT2D eigenvalue weighted by Crippen LogP contribution is 2.27. The summed E-state index contributed by atoms with van der Waals surface area (Å²) in [6, 6.07) is 7.47. The van der Waals surface area contributed by atoms with Gasteiger partial charge in [-0.05, 0) is 35.7 Å². The van der Waals surface area contributed by atoms with Crippen molar-refractivity contribution in [3.63, 3.8) is 0 Å². The number of rotatable bonds is 5. The summed E-state index contributed by atoms with van der Waals surface area (Å²) < 4.78 is 15.5. The molecule has 0 amide bonds. The maximum absolute atomic E-state index is 6.18. The molecule has 96 valence electrons. The maximum atomic E-state index is 6.18. The van der Waals surface area contributed by atoms with Crippen LogP contribution in [0.3, 0.4) is 0 Å². The second-order valence-corrected chi connectivity index (χ2v) is 4.09. The summed E-state index contributed by atoms with van der Waals surface area (Å²) in [5.41, 5.74) is 8.23. The van der Waals surface area contributed by atoms with Crippen molar-refractivity contribution in [1.29, 1.82) is 0 Å². The van der Waals surface area contributed by atoms with Gasteiger partial charge in [-0.2, -0.15) is 0 Å². The third kappa shape index (κ3) is 2.84. The highest BCUT2D eigenvalue weighted by molar-refractivity contribution is 5.40. The molecule has 0 aliphatic rings. The van der Waals surface area contributed by atoms with E-state index in [-0.39, 0.29) is 6.04 Å². The highest BCUT2D eigenvalue weighted by Gasteiger charge is 2.11. The number of hydrogen-bond acceptors (Lipinski definition) is 4. The van der Waals surface area contributed by atoms with E-state index < -0.39 is 0 Å². The standard InChI is InChI=1S/C14H17NO3/c1-16-12-6-11(7-13(8-12)17-2)14(15)5-10-3-4-18-9-10/h3-4,6-9,14H,5,15H2,1-2H3. The third-order valence-electron chi connectivity index (χ3n) is 2.84. The zero-order valence-corrected chi connectivity index (χ0v) is 10.6. The van der Waals surface area contributed by atoms with Gasteiger partial charge in [-0.15, -0.1) is 0 Å². The van der Waals surface area contributed by atoms with Crippen LogP contribution in [0.1, 0.15) is 17.2 Å². The van der Waals surface area contributed by atoms with E-state index >= 15 is 0 Å². The molecule has 4 heteroatoms. The maximum Gasteiger partial charge on any atom is 0.122 e.